The molecule has 3 rings (SSSR count). The van der Waals surface area contributed by atoms with Gasteiger partial charge in [0.05, 0.1) is 10.6 Å². The molecule has 0 radical (unpaired) electrons. The highest BCUT2D eigenvalue weighted by Gasteiger charge is 2.30. The largest absolute Gasteiger partial charge is 0.455 e. The fourth-order valence-electron chi connectivity index (χ4n) is 2.87. The number of sulfonamides is 1. The molecule has 1 heterocycles. The van der Waals surface area contributed by atoms with Crippen LogP contribution in [0.5, 0.6) is 0 Å². The van der Waals surface area contributed by atoms with Gasteiger partial charge in [0.1, 0.15) is 0 Å². The van der Waals surface area contributed by atoms with Gasteiger partial charge in [-0.1, -0.05) is 29.8 Å². The van der Waals surface area contributed by atoms with E-state index in [0.717, 1.165) is 4.90 Å². The lowest BCUT2D eigenvalue weighted by atomic mass is 10.3. The van der Waals surface area contributed by atoms with Gasteiger partial charge in [-0.15, -0.1) is 11.8 Å². The van der Waals surface area contributed by atoms with Crippen molar-refractivity contribution in [2.75, 3.05) is 38.5 Å². The molecule has 1 aliphatic heterocycles. The highest BCUT2D eigenvalue weighted by atomic mass is 35.5. The van der Waals surface area contributed by atoms with Crippen LogP contribution in [0.4, 0.5) is 0 Å². The summed E-state index contributed by atoms with van der Waals surface area (Å²) < 4.78 is 31.8. The molecule has 0 spiro atoms. The van der Waals surface area contributed by atoms with E-state index in [2.05, 4.69) is 0 Å². The van der Waals surface area contributed by atoms with E-state index in [4.69, 9.17) is 16.3 Å². The lowest BCUT2D eigenvalue weighted by molar-refractivity contribution is -0.150. The minimum Gasteiger partial charge on any atom is -0.455 e. The molecule has 1 aliphatic rings. The first-order valence-corrected chi connectivity index (χ1v) is 12.0. The summed E-state index contributed by atoms with van der Waals surface area (Å²) in [6, 6.07) is 15.4. The topological polar surface area (TPSA) is 84.0 Å². The van der Waals surface area contributed by atoms with Crippen LogP contribution in [0, 0.1) is 0 Å². The molecular formula is C20H21ClN2O5S2. The summed E-state index contributed by atoms with van der Waals surface area (Å²) >= 11 is 7.15. The molecule has 0 bridgehead atoms. The Morgan fingerprint density at radius 3 is 2.23 bits per heavy atom. The quantitative estimate of drug-likeness (QED) is 0.458. The Labute approximate surface area is 185 Å². The molecule has 1 fully saturated rings. The van der Waals surface area contributed by atoms with Crippen molar-refractivity contribution in [2.24, 2.45) is 0 Å². The molecule has 0 N–H and O–H groups in total. The van der Waals surface area contributed by atoms with Crippen molar-refractivity contribution in [1.29, 1.82) is 0 Å². The summed E-state index contributed by atoms with van der Waals surface area (Å²) in [6.07, 6.45) is 0. The normalized spacial score (nSPS) is 15.0. The molecule has 0 unspecified atom stereocenters. The predicted molar refractivity (Wildman–Crippen MR) is 115 cm³/mol. The zero-order valence-corrected chi connectivity index (χ0v) is 18.5. The zero-order valence-electron chi connectivity index (χ0n) is 16.1. The number of amides is 1. The van der Waals surface area contributed by atoms with E-state index in [1.54, 1.807) is 0 Å². The lowest BCUT2D eigenvalue weighted by Gasteiger charge is -2.33. The maximum absolute atomic E-state index is 12.7. The Balaban J connectivity index is 1.43. The summed E-state index contributed by atoms with van der Waals surface area (Å²) in [5.41, 5.74) is 0. The number of esters is 1. The summed E-state index contributed by atoms with van der Waals surface area (Å²) in [6.45, 7) is 0.477. The van der Waals surface area contributed by atoms with Gasteiger partial charge in [0, 0.05) is 36.1 Å². The van der Waals surface area contributed by atoms with E-state index in [0.29, 0.717) is 5.02 Å². The first-order chi connectivity index (χ1) is 14.4. The first kappa shape index (κ1) is 22.6. The molecule has 2 aromatic carbocycles. The number of halogens is 1. The number of nitrogens with zero attached hydrogens (tertiary/aromatic N) is 2. The number of carbonyl (C=O) groups is 2. The van der Waals surface area contributed by atoms with Crippen LogP contribution in [0.3, 0.4) is 0 Å². The molecule has 0 saturated carbocycles. The summed E-state index contributed by atoms with van der Waals surface area (Å²) in [5, 5.41) is 0.459. The molecule has 10 heteroatoms. The van der Waals surface area contributed by atoms with Gasteiger partial charge in [0.15, 0.2) is 6.61 Å². The Kier molecular flexibility index (Phi) is 7.76. The smallest absolute Gasteiger partial charge is 0.316 e. The molecule has 0 aromatic heterocycles. The number of benzene rings is 2. The minimum absolute atomic E-state index is 0.115. The predicted octanol–water partition coefficient (Wildman–Crippen LogP) is 2.51. The van der Waals surface area contributed by atoms with Gasteiger partial charge in [0.2, 0.25) is 10.0 Å². The molecule has 0 atom stereocenters. The van der Waals surface area contributed by atoms with Crippen molar-refractivity contribution < 1.29 is 22.7 Å². The Hall–Kier alpha value is -2.07. The minimum atomic E-state index is -3.64. The van der Waals surface area contributed by atoms with Crippen molar-refractivity contribution in [3.8, 4) is 0 Å². The molecule has 30 heavy (non-hydrogen) atoms. The fraction of sp³-hybridized carbons (Fsp3) is 0.300. The third-order valence-electron chi connectivity index (χ3n) is 4.50. The SMILES string of the molecule is O=C(CSc1ccccc1)OCC(=O)N1CCN(S(=O)(=O)c2ccc(Cl)cc2)CC1. The first-order valence-electron chi connectivity index (χ1n) is 9.23. The number of ether oxygens (including phenoxy) is 1. The Morgan fingerprint density at radius 2 is 1.60 bits per heavy atom. The van der Waals surface area contributed by atoms with E-state index >= 15 is 0 Å². The monoisotopic (exact) mass is 468 g/mol. The Bertz CT molecular complexity index is 976. The highest BCUT2D eigenvalue weighted by molar-refractivity contribution is 8.00. The average molecular weight is 469 g/mol. The van der Waals surface area contributed by atoms with Gasteiger partial charge >= 0.3 is 5.97 Å². The van der Waals surface area contributed by atoms with E-state index < -0.39 is 16.0 Å². The Morgan fingerprint density at radius 1 is 0.967 bits per heavy atom. The van der Waals surface area contributed by atoms with Gasteiger partial charge in [-0.25, -0.2) is 8.42 Å². The molecule has 7 nitrogen and oxygen atoms in total. The third kappa shape index (κ3) is 5.98. The molecule has 1 amide bonds. The van der Waals surface area contributed by atoms with Crippen LogP contribution in [0.25, 0.3) is 0 Å². The number of carbonyl (C=O) groups excluding carboxylic acids is 2. The maximum atomic E-state index is 12.7. The zero-order chi connectivity index (χ0) is 21.6. The molecule has 160 valence electrons. The van der Waals surface area contributed by atoms with Gasteiger partial charge in [-0.05, 0) is 36.4 Å². The van der Waals surface area contributed by atoms with Crippen LogP contribution in [0.2, 0.25) is 5.02 Å². The van der Waals surface area contributed by atoms with Gasteiger partial charge in [-0.3, -0.25) is 9.59 Å². The van der Waals surface area contributed by atoms with E-state index in [1.165, 1.54) is 45.2 Å². The van der Waals surface area contributed by atoms with Crippen LogP contribution < -0.4 is 0 Å². The van der Waals surface area contributed by atoms with E-state index in [-0.39, 0.29) is 49.3 Å². The van der Waals surface area contributed by atoms with Crippen molar-refractivity contribution in [1.82, 2.24) is 9.21 Å². The average Bonchev–Trinajstić information content (AvgIpc) is 2.77. The van der Waals surface area contributed by atoms with Crippen LogP contribution in [-0.2, 0) is 24.3 Å². The van der Waals surface area contributed by atoms with E-state index in [1.807, 2.05) is 30.3 Å². The summed E-state index contributed by atoms with van der Waals surface area (Å²) in [4.78, 5) is 26.8. The second-order valence-corrected chi connectivity index (χ2v) is 9.92. The summed E-state index contributed by atoms with van der Waals surface area (Å²) in [5.74, 6) is -0.692. The number of thioether (sulfide) groups is 1. The van der Waals surface area contributed by atoms with Crippen LogP contribution in [0.15, 0.2) is 64.4 Å². The second kappa shape index (κ2) is 10.3. The number of piperazine rings is 1. The van der Waals surface area contributed by atoms with Gasteiger partial charge < -0.3 is 9.64 Å². The molecular weight excluding hydrogens is 448 g/mol. The molecule has 0 aliphatic carbocycles. The maximum Gasteiger partial charge on any atom is 0.316 e. The number of rotatable bonds is 7. The van der Waals surface area contributed by atoms with Crippen LogP contribution >= 0.6 is 23.4 Å². The summed E-state index contributed by atoms with van der Waals surface area (Å²) in [7, 11) is -3.64. The van der Waals surface area contributed by atoms with Crippen molar-refractivity contribution in [2.45, 2.75) is 9.79 Å². The van der Waals surface area contributed by atoms with E-state index in [9.17, 15) is 18.0 Å². The fourth-order valence-corrected chi connectivity index (χ4v) is 5.13. The van der Waals surface area contributed by atoms with Crippen molar-refractivity contribution in [3.63, 3.8) is 0 Å². The standard InChI is InChI=1S/C20H21ClN2O5S2/c21-16-6-8-18(9-7-16)30(26,27)23-12-10-22(11-13-23)19(24)14-28-20(25)15-29-17-4-2-1-3-5-17/h1-9H,10-15H2. The number of hydrogen-bond acceptors (Lipinski definition) is 6. The van der Waals surface area contributed by atoms with Crippen molar-refractivity contribution in [3.05, 3.63) is 59.6 Å². The lowest BCUT2D eigenvalue weighted by Crippen LogP contribution is -2.51. The van der Waals surface area contributed by atoms with Crippen LogP contribution in [-0.4, -0.2) is 68.0 Å². The molecule has 2 aromatic rings. The highest BCUT2D eigenvalue weighted by Crippen LogP contribution is 2.20. The second-order valence-electron chi connectivity index (χ2n) is 6.50. The van der Waals surface area contributed by atoms with Crippen LogP contribution in [0.1, 0.15) is 0 Å². The number of hydrogen-bond donors (Lipinski definition) is 0. The molecule has 1 saturated heterocycles. The third-order valence-corrected chi connectivity index (χ3v) is 7.65. The van der Waals surface area contributed by atoms with Gasteiger partial charge in [-0.2, -0.15) is 4.31 Å². The van der Waals surface area contributed by atoms with Gasteiger partial charge in [0.25, 0.3) is 5.91 Å². The van der Waals surface area contributed by atoms with Crippen molar-refractivity contribution >= 4 is 45.3 Å².